The van der Waals surface area contributed by atoms with Crippen molar-refractivity contribution in [3.8, 4) is 0 Å². The van der Waals surface area contributed by atoms with E-state index in [1.807, 2.05) is 17.8 Å². The first-order chi connectivity index (χ1) is 6.72. The third-order valence-corrected chi connectivity index (χ3v) is 2.53. The lowest BCUT2D eigenvalue weighted by Gasteiger charge is -1.95. The van der Waals surface area contributed by atoms with Gasteiger partial charge in [-0.15, -0.1) is 0 Å². The summed E-state index contributed by atoms with van der Waals surface area (Å²) in [5, 5.41) is 7.06. The van der Waals surface area contributed by atoms with Crippen LogP contribution in [0.15, 0.2) is 6.07 Å². The van der Waals surface area contributed by atoms with Crippen molar-refractivity contribution >= 4 is 5.78 Å². The largest absolute Gasteiger partial charge is 0.313 e. The number of hydrogen-bond donors (Lipinski definition) is 1. The van der Waals surface area contributed by atoms with Crippen LogP contribution in [0.2, 0.25) is 0 Å². The minimum Gasteiger partial charge on any atom is -0.313 e. The molecule has 0 spiro atoms. The van der Waals surface area contributed by atoms with E-state index in [-0.39, 0.29) is 5.78 Å². The number of likely N-dealkylation sites (N-methyl/N-ethyl adjacent to an activating group) is 1. The summed E-state index contributed by atoms with van der Waals surface area (Å²) in [5.41, 5.74) is 1.79. The number of rotatable bonds is 4. The van der Waals surface area contributed by atoms with Gasteiger partial charge in [0.25, 0.3) is 0 Å². The lowest BCUT2D eigenvalue weighted by atomic mass is 10.2. The van der Waals surface area contributed by atoms with Crippen LogP contribution in [0.5, 0.6) is 0 Å². The number of aromatic nitrogens is 2. The minimum absolute atomic E-state index is 0.0648. The molecule has 1 aromatic heterocycles. The molecule has 4 nitrogen and oxygen atoms in total. The zero-order chi connectivity index (χ0) is 10.1. The van der Waals surface area contributed by atoms with Gasteiger partial charge in [0, 0.05) is 18.7 Å². The van der Waals surface area contributed by atoms with Gasteiger partial charge in [0.2, 0.25) is 0 Å². The van der Waals surface area contributed by atoms with E-state index < -0.39 is 0 Å². The number of carbonyl (C=O) groups excluding carboxylic acids is 1. The second-order valence-electron chi connectivity index (χ2n) is 3.81. The van der Waals surface area contributed by atoms with E-state index in [9.17, 15) is 4.79 Å². The highest BCUT2D eigenvalue weighted by Crippen LogP contribution is 2.39. The van der Waals surface area contributed by atoms with Crippen LogP contribution in [-0.4, -0.2) is 29.2 Å². The number of carbonyl (C=O) groups is 1. The Morgan fingerprint density at radius 2 is 2.43 bits per heavy atom. The van der Waals surface area contributed by atoms with Gasteiger partial charge >= 0.3 is 0 Å². The first-order valence-corrected chi connectivity index (χ1v) is 4.94. The number of nitrogens with one attached hydrogen (secondary N) is 1. The summed E-state index contributed by atoms with van der Waals surface area (Å²) in [4.78, 5) is 11.5. The minimum atomic E-state index is 0.0648. The van der Waals surface area contributed by atoms with Crippen LogP contribution in [-0.2, 0) is 7.05 Å². The SMILES string of the molecule is CNCC(=O)c1cc(C2CC2)n(C)n1. The Labute approximate surface area is 83.3 Å². The topological polar surface area (TPSA) is 46.9 Å². The number of aryl methyl sites for hydroxylation is 1. The highest BCUT2D eigenvalue weighted by Gasteiger charge is 2.27. The molecule has 14 heavy (non-hydrogen) atoms. The van der Waals surface area contributed by atoms with Gasteiger partial charge in [-0.2, -0.15) is 5.10 Å². The van der Waals surface area contributed by atoms with Crippen LogP contribution in [0.4, 0.5) is 0 Å². The number of Topliss-reactive ketones (excluding diaryl/α,β-unsaturated/α-hetero) is 1. The summed E-state index contributed by atoms with van der Waals surface area (Å²) in [7, 11) is 3.67. The molecule has 1 heterocycles. The van der Waals surface area contributed by atoms with Gasteiger partial charge in [-0.25, -0.2) is 0 Å². The predicted octanol–water partition coefficient (Wildman–Crippen LogP) is 0.700. The van der Waals surface area contributed by atoms with Gasteiger partial charge in [-0.05, 0) is 26.0 Å². The number of hydrogen-bond acceptors (Lipinski definition) is 3. The van der Waals surface area contributed by atoms with Crippen molar-refractivity contribution in [1.82, 2.24) is 15.1 Å². The normalized spacial score (nSPS) is 15.9. The molecule has 4 heteroatoms. The van der Waals surface area contributed by atoms with Gasteiger partial charge in [0.1, 0.15) is 5.69 Å². The van der Waals surface area contributed by atoms with Crippen molar-refractivity contribution < 1.29 is 4.79 Å². The van der Waals surface area contributed by atoms with E-state index in [0.717, 1.165) is 0 Å². The summed E-state index contributed by atoms with van der Waals surface area (Å²) < 4.78 is 1.83. The zero-order valence-corrected chi connectivity index (χ0v) is 8.58. The number of ketones is 1. The third-order valence-electron chi connectivity index (χ3n) is 2.53. The molecule has 0 saturated heterocycles. The molecular weight excluding hydrogens is 178 g/mol. The van der Waals surface area contributed by atoms with Crippen molar-refractivity contribution in [2.45, 2.75) is 18.8 Å². The first kappa shape index (κ1) is 9.40. The fraction of sp³-hybridized carbons (Fsp3) is 0.600. The van der Waals surface area contributed by atoms with E-state index >= 15 is 0 Å². The van der Waals surface area contributed by atoms with Crippen molar-refractivity contribution in [3.63, 3.8) is 0 Å². The second-order valence-corrected chi connectivity index (χ2v) is 3.81. The molecule has 1 saturated carbocycles. The molecule has 76 valence electrons. The Kier molecular flexibility index (Phi) is 2.37. The fourth-order valence-corrected chi connectivity index (χ4v) is 1.63. The van der Waals surface area contributed by atoms with Crippen LogP contribution >= 0.6 is 0 Å². The van der Waals surface area contributed by atoms with E-state index in [2.05, 4.69) is 10.4 Å². The Hall–Kier alpha value is -1.16. The van der Waals surface area contributed by atoms with Crippen LogP contribution in [0.1, 0.15) is 34.9 Å². The van der Waals surface area contributed by atoms with E-state index in [1.165, 1.54) is 18.5 Å². The van der Waals surface area contributed by atoms with Crippen molar-refractivity contribution in [2.24, 2.45) is 7.05 Å². The first-order valence-electron chi connectivity index (χ1n) is 4.94. The molecule has 1 aromatic rings. The van der Waals surface area contributed by atoms with Crippen LogP contribution in [0, 0.1) is 0 Å². The average molecular weight is 193 g/mol. The van der Waals surface area contributed by atoms with Crippen molar-refractivity contribution in [3.05, 3.63) is 17.5 Å². The van der Waals surface area contributed by atoms with E-state index in [0.29, 0.717) is 18.2 Å². The molecular formula is C10H15N3O. The predicted molar refractivity (Wildman–Crippen MR) is 53.4 cm³/mol. The van der Waals surface area contributed by atoms with Gasteiger partial charge in [0.05, 0.1) is 6.54 Å². The summed E-state index contributed by atoms with van der Waals surface area (Å²) in [5.74, 6) is 0.707. The summed E-state index contributed by atoms with van der Waals surface area (Å²) >= 11 is 0. The molecule has 2 rings (SSSR count). The molecule has 0 aliphatic heterocycles. The van der Waals surface area contributed by atoms with Gasteiger partial charge in [0.15, 0.2) is 5.78 Å². The smallest absolute Gasteiger partial charge is 0.196 e. The van der Waals surface area contributed by atoms with Crippen LogP contribution in [0.25, 0.3) is 0 Å². The molecule has 0 bridgehead atoms. The average Bonchev–Trinajstić information content (AvgIpc) is 2.91. The van der Waals surface area contributed by atoms with E-state index in [1.54, 1.807) is 7.05 Å². The maximum absolute atomic E-state index is 11.5. The highest BCUT2D eigenvalue weighted by molar-refractivity contribution is 5.95. The summed E-state index contributed by atoms with van der Waals surface area (Å²) in [6.45, 7) is 0.362. The van der Waals surface area contributed by atoms with Crippen molar-refractivity contribution in [1.29, 1.82) is 0 Å². The standard InChI is InChI=1S/C10H15N3O/c1-11-6-10(14)8-5-9(7-3-4-7)13(2)12-8/h5,7,11H,3-4,6H2,1-2H3. The lowest BCUT2D eigenvalue weighted by molar-refractivity contribution is 0.0988. The monoisotopic (exact) mass is 193 g/mol. The van der Waals surface area contributed by atoms with Crippen LogP contribution in [0.3, 0.4) is 0 Å². The third kappa shape index (κ3) is 1.70. The molecule has 0 radical (unpaired) electrons. The molecule has 1 fully saturated rings. The molecule has 0 amide bonds. The number of nitrogens with zero attached hydrogens (tertiary/aromatic N) is 2. The van der Waals surface area contributed by atoms with Gasteiger partial charge in [-0.3, -0.25) is 9.48 Å². The zero-order valence-electron chi connectivity index (χ0n) is 8.58. The Morgan fingerprint density at radius 1 is 1.71 bits per heavy atom. The van der Waals surface area contributed by atoms with Gasteiger partial charge in [-0.1, -0.05) is 0 Å². The van der Waals surface area contributed by atoms with Gasteiger partial charge < -0.3 is 5.32 Å². The lowest BCUT2D eigenvalue weighted by Crippen LogP contribution is -2.19. The quantitative estimate of drug-likeness (QED) is 0.716. The molecule has 0 unspecified atom stereocenters. The summed E-state index contributed by atoms with van der Waals surface area (Å²) in [6.07, 6.45) is 2.47. The molecule has 1 N–H and O–H groups in total. The maximum atomic E-state index is 11.5. The molecule has 1 aliphatic rings. The molecule has 1 aliphatic carbocycles. The van der Waals surface area contributed by atoms with Crippen molar-refractivity contribution in [2.75, 3.05) is 13.6 Å². The summed E-state index contributed by atoms with van der Waals surface area (Å²) in [6, 6.07) is 1.93. The molecule has 0 aromatic carbocycles. The Bertz CT molecular complexity index is 352. The second kappa shape index (κ2) is 3.53. The Balaban J connectivity index is 2.18. The van der Waals surface area contributed by atoms with Crippen LogP contribution < -0.4 is 5.32 Å². The fourth-order valence-electron chi connectivity index (χ4n) is 1.63. The van der Waals surface area contributed by atoms with E-state index in [4.69, 9.17) is 0 Å². The Morgan fingerprint density at radius 3 is 3.00 bits per heavy atom. The molecule has 0 atom stereocenters. The highest BCUT2D eigenvalue weighted by atomic mass is 16.1. The maximum Gasteiger partial charge on any atom is 0.196 e.